The number of nitrogens with zero attached hydrogens (tertiary/aromatic N) is 1. The fourth-order valence-corrected chi connectivity index (χ4v) is 9.54. The minimum atomic E-state index is -1.25. The normalized spacial score (nSPS) is 23.7. The zero-order valence-electron chi connectivity index (χ0n) is 42.3. The van der Waals surface area contributed by atoms with E-state index in [1.807, 2.05) is 182 Å². The van der Waals surface area contributed by atoms with Gasteiger partial charge in [-0.3, -0.25) is 19.3 Å². The molecular weight excluding hydrogens is 939 g/mol. The fourth-order valence-electron chi connectivity index (χ4n) is 9.54. The molecule has 6 aromatic rings. The number of benzene rings is 6. The van der Waals surface area contributed by atoms with E-state index in [0.717, 1.165) is 38.3 Å². The third-order valence-corrected chi connectivity index (χ3v) is 13.0. The molecule has 2 fully saturated rings. The number of carbonyl (C=O) groups is 3. The summed E-state index contributed by atoms with van der Waals surface area (Å²) >= 11 is 0. The molecule has 2 saturated heterocycles. The Morgan fingerprint density at radius 2 is 0.730 bits per heavy atom. The lowest BCUT2D eigenvalue weighted by molar-refractivity contribution is -0.358. The second kappa shape index (κ2) is 27.9. The van der Waals surface area contributed by atoms with Crippen molar-refractivity contribution < 1.29 is 57.0 Å². The molecule has 6 aromatic carbocycles. The molecule has 2 amide bonds. The topological polar surface area (TPSA) is 138 Å². The Balaban J connectivity index is 1.24. The summed E-state index contributed by atoms with van der Waals surface area (Å²) in [6, 6.07) is 57.6. The van der Waals surface area contributed by atoms with Crippen LogP contribution >= 0.6 is 0 Å². The van der Waals surface area contributed by atoms with Crippen molar-refractivity contribution in [3.63, 3.8) is 0 Å². The predicted octanol–water partition coefficient (Wildman–Crippen LogP) is 9.38. The Labute approximate surface area is 434 Å². The minimum Gasteiger partial charge on any atom is -0.374 e. The van der Waals surface area contributed by atoms with Crippen LogP contribution in [0.1, 0.15) is 60.6 Å². The van der Waals surface area contributed by atoms with Gasteiger partial charge in [0.15, 0.2) is 6.29 Å². The largest absolute Gasteiger partial charge is 0.374 e. The molecule has 0 radical (unpaired) electrons. The highest BCUT2D eigenvalue weighted by atomic mass is 16.7. The molecule has 13 nitrogen and oxygen atoms in total. The third-order valence-electron chi connectivity index (χ3n) is 13.0. The first-order valence-electron chi connectivity index (χ1n) is 25.3. The first-order chi connectivity index (χ1) is 36.2. The molecular formula is C61H67NO12. The molecule has 0 saturated carbocycles. The van der Waals surface area contributed by atoms with Crippen molar-refractivity contribution in [3.8, 4) is 0 Å². The van der Waals surface area contributed by atoms with Gasteiger partial charge in [0.05, 0.1) is 65.0 Å². The molecule has 74 heavy (non-hydrogen) atoms. The van der Waals surface area contributed by atoms with Crippen molar-refractivity contribution in [1.82, 2.24) is 4.90 Å². The van der Waals surface area contributed by atoms with E-state index in [4.69, 9.17) is 42.6 Å². The third kappa shape index (κ3) is 15.4. The maximum absolute atomic E-state index is 13.7. The van der Waals surface area contributed by atoms with Crippen LogP contribution in [0.25, 0.3) is 0 Å². The molecule has 388 valence electrons. The molecule has 8 rings (SSSR count). The van der Waals surface area contributed by atoms with Crippen LogP contribution in [0.3, 0.4) is 0 Å². The van der Waals surface area contributed by atoms with Gasteiger partial charge in [-0.25, -0.2) is 0 Å². The molecule has 0 bridgehead atoms. The van der Waals surface area contributed by atoms with Gasteiger partial charge < -0.3 is 42.6 Å². The molecule has 0 unspecified atom stereocenters. The van der Waals surface area contributed by atoms with Crippen molar-refractivity contribution >= 4 is 17.6 Å². The van der Waals surface area contributed by atoms with Crippen LogP contribution in [0, 0.1) is 0 Å². The Morgan fingerprint density at radius 3 is 1.11 bits per heavy atom. The van der Waals surface area contributed by atoms with Crippen LogP contribution in [0.5, 0.6) is 0 Å². The Bertz CT molecular complexity index is 2580. The lowest BCUT2D eigenvalue weighted by Gasteiger charge is -2.52. The first kappa shape index (κ1) is 54.0. The number of ether oxygens (including phenoxy) is 9. The number of hydrogen-bond donors (Lipinski definition) is 0. The van der Waals surface area contributed by atoms with E-state index in [-0.39, 0.29) is 58.5 Å². The number of Topliss-reactive ketones (excluding diaryl/α,β-unsaturated/α-hetero) is 1. The summed E-state index contributed by atoms with van der Waals surface area (Å²) in [6.07, 6.45) is -8.97. The van der Waals surface area contributed by atoms with Crippen LogP contribution < -0.4 is 0 Å². The smallest absolute Gasteiger partial charge is 0.226 e. The van der Waals surface area contributed by atoms with Gasteiger partial charge in [-0.2, -0.15) is 0 Å². The van der Waals surface area contributed by atoms with Crippen molar-refractivity contribution in [3.05, 3.63) is 215 Å². The van der Waals surface area contributed by atoms with Gasteiger partial charge in [0.2, 0.25) is 11.8 Å². The van der Waals surface area contributed by atoms with Gasteiger partial charge in [-0.05, 0) is 40.3 Å². The van der Waals surface area contributed by atoms with Gasteiger partial charge in [0, 0.05) is 20.3 Å². The van der Waals surface area contributed by atoms with Gasteiger partial charge >= 0.3 is 0 Å². The van der Waals surface area contributed by atoms with Crippen LogP contribution in [0.15, 0.2) is 182 Å². The Kier molecular flexibility index (Phi) is 20.4. The summed E-state index contributed by atoms with van der Waals surface area (Å²) in [5.41, 5.74) is 5.50. The predicted molar refractivity (Wildman–Crippen MR) is 277 cm³/mol. The second-order valence-corrected chi connectivity index (χ2v) is 18.7. The van der Waals surface area contributed by atoms with Crippen LogP contribution in [0.2, 0.25) is 0 Å². The minimum absolute atomic E-state index is 0.0331. The number of hydrogen-bond acceptors (Lipinski definition) is 12. The van der Waals surface area contributed by atoms with Gasteiger partial charge in [0.1, 0.15) is 48.5 Å². The number of ketones is 1. The van der Waals surface area contributed by atoms with E-state index >= 15 is 0 Å². The zero-order chi connectivity index (χ0) is 51.5. The molecule has 2 heterocycles. The Hall–Kier alpha value is -6.23. The lowest BCUT2D eigenvalue weighted by atomic mass is 9.88. The number of carbonyl (C=O) groups excluding carboxylic acids is 3. The summed E-state index contributed by atoms with van der Waals surface area (Å²) in [5, 5.41) is 0. The summed E-state index contributed by atoms with van der Waals surface area (Å²) in [7, 11) is 0. The zero-order valence-corrected chi connectivity index (χ0v) is 42.3. The second-order valence-electron chi connectivity index (χ2n) is 18.7. The molecule has 0 N–H and O–H groups in total. The quantitative estimate of drug-likeness (QED) is 0.0541. The number of amides is 2. The summed E-state index contributed by atoms with van der Waals surface area (Å²) < 4.78 is 62.5. The first-order valence-corrected chi connectivity index (χ1v) is 25.3. The van der Waals surface area contributed by atoms with Crippen molar-refractivity contribution in [2.75, 3.05) is 13.2 Å². The van der Waals surface area contributed by atoms with Crippen molar-refractivity contribution in [2.24, 2.45) is 0 Å². The monoisotopic (exact) mass is 1010 g/mol. The highest BCUT2D eigenvalue weighted by Gasteiger charge is 2.56. The van der Waals surface area contributed by atoms with Crippen molar-refractivity contribution in [2.45, 2.75) is 128 Å². The number of rotatable bonds is 25. The molecule has 0 aliphatic carbocycles. The van der Waals surface area contributed by atoms with Crippen LogP contribution in [0.4, 0.5) is 0 Å². The average Bonchev–Trinajstić information content (AvgIpc) is 3.42. The molecule has 0 aromatic heterocycles. The van der Waals surface area contributed by atoms with Crippen molar-refractivity contribution in [1.29, 1.82) is 0 Å². The Morgan fingerprint density at radius 1 is 0.392 bits per heavy atom. The van der Waals surface area contributed by atoms with Gasteiger partial charge in [-0.15, -0.1) is 0 Å². The van der Waals surface area contributed by atoms with Crippen LogP contribution in [-0.4, -0.2) is 96.9 Å². The lowest BCUT2D eigenvalue weighted by Crippen LogP contribution is -2.69. The molecule has 0 spiro atoms. The molecule has 13 heteroatoms. The SMILES string of the molecule is CC(=O)C[C@H]1O[C@H](COCc2ccccc2)[C@@H](O[C@@H]2O[C@H](COCc3ccccc3)[C@H](OCc3ccccc3)[C@H](OCc3ccccc3)[C@H]2OCc2ccccc2)[C@H](OCc2ccccc2)[C@H]1N(C(C)=O)C(C)=O. The maximum Gasteiger partial charge on any atom is 0.226 e. The van der Waals surface area contributed by atoms with E-state index in [2.05, 4.69) is 0 Å². The summed E-state index contributed by atoms with van der Waals surface area (Å²) in [5.74, 6) is -1.31. The van der Waals surface area contributed by atoms with E-state index in [1.54, 1.807) is 0 Å². The van der Waals surface area contributed by atoms with E-state index in [9.17, 15) is 14.4 Å². The standard InChI is InChI=1S/C61H67NO12/c1-43(63)34-52-55(62(44(2)64)45(3)65)58(69-38-49-28-16-7-17-29-49)57(54(72-52)42-67-36-47-24-12-5-13-25-47)74-61-60(71-40-51-32-20-9-21-33-51)59(70-39-50-30-18-8-19-31-50)56(68-37-48-26-14-6-15-27-48)53(73-61)41-66-35-46-22-10-4-11-23-46/h4-33,52-61H,34-42H2,1-3H3/t52-,53-,54-,55+,56+,57-,58-,59+,60-,61+/m1/s1. The fraction of sp³-hybridized carbons (Fsp3) is 0.361. The van der Waals surface area contributed by atoms with E-state index < -0.39 is 73.0 Å². The summed E-state index contributed by atoms with van der Waals surface area (Å²) in [4.78, 5) is 41.8. The highest BCUT2D eigenvalue weighted by Crippen LogP contribution is 2.38. The van der Waals surface area contributed by atoms with Gasteiger partial charge in [0.25, 0.3) is 0 Å². The van der Waals surface area contributed by atoms with Gasteiger partial charge in [-0.1, -0.05) is 182 Å². The molecule has 2 aliphatic heterocycles. The molecule has 10 atom stereocenters. The highest BCUT2D eigenvalue weighted by molar-refractivity contribution is 5.93. The van der Waals surface area contributed by atoms with Crippen LogP contribution in [-0.2, 0) is 96.7 Å². The molecule has 2 aliphatic rings. The van der Waals surface area contributed by atoms with E-state index in [0.29, 0.717) is 6.61 Å². The summed E-state index contributed by atoms with van der Waals surface area (Å²) in [6.45, 7) is 5.25. The number of imide groups is 1. The maximum atomic E-state index is 13.7. The van der Waals surface area contributed by atoms with E-state index in [1.165, 1.54) is 20.8 Å². The average molecular weight is 1010 g/mol.